The summed E-state index contributed by atoms with van der Waals surface area (Å²) in [5, 5.41) is 12.2. The molecular weight excluding hydrogens is 301 g/mol. The summed E-state index contributed by atoms with van der Waals surface area (Å²) in [6.07, 6.45) is 1.86. The molecule has 1 unspecified atom stereocenters. The molecule has 0 heterocycles. The first-order valence-electron chi connectivity index (χ1n) is 5.27. The van der Waals surface area contributed by atoms with Crippen LogP contribution in [0.5, 0.6) is 0 Å². The van der Waals surface area contributed by atoms with Crippen molar-refractivity contribution in [2.24, 2.45) is 0 Å². The molecule has 0 amide bonds. The zero-order valence-electron chi connectivity index (χ0n) is 9.26. The predicted octanol–water partition coefficient (Wildman–Crippen LogP) is 3.17. The Morgan fingerprint density at radius 3 is 2.87 bits per heavy atom. The van der Waals surface area contributed by atoms with Crippen molar-refractivity contribution >= 4 is 28.3 Å². The molecule has 1 atom stereocenters. The van der Waals surface area contributed by atoms with Gasteiger partial charge in [-0.3, -0.25) is 0 Å². The maximum Gasteiger partial charge on any atom is 0.0431 e. The molecule has 0 aliphatic heterocycles. The number of rotatable bonds is 5. The molecule has 0 radical (unpaired) electrons. The van der Waals surface area contributed by atoms with Gasteiger partial charge in [0.15, 0.2) is 0 Å². The Bertz CT molecular complexity index is 314. The topological polar surface area (TPSA) is 32.3 Å². The van der Waals surface area contributed by atoms with E-state index < -0.39 is 0 Å². The number of anilines is 1. The number of benzene rings is 1. The zero-order chi connectivity index (χ0) is 11.3. The minimum atomic E-state index is 0.275. The number of hydrogen-bond donors (Lipinski definition) is 2. The first kappa shape index (κ1) is 12.8. The van der Waals surface area contributed by atoms with Crippen molar-refractivity contribution in [2.75, 3.05) is 11.9 Å². The van der Waals surface area contributed by atoms with Gasteiger partial charge in [-0.25, -0.2) is 0 Å². The van der Waals surface area contributed by atoms with E-state index >= 15 is 0 Å². The Morgan fingerprint density at radius 1 is 1.47 bits per heavy atom. The van der Waals surface area contributed by atoms with Crippen LogP contribution in [0.3, 0.4) is 0 Å². The fourth-order valence-electron chi connectivity index (χ4n) is 1.50. The van der Waals surface area contributed by atoms with Gasteiger partial charge in [0.2, 0.25) is 0 Å². The van der Waals surface area contributed by atoms with Crippen molar-refractivity contribution < 1.29 is 5.11 Å². The number of nitrogens with one attached hydrogen (secondary N) is 1. The third-order valence-corrected chi connectivity index (χ3v) is 3.63. The lowest BCUT2D eigenvalue weighted by Crippen LogP contribution is -2.16. The average Bonchev–Trinajstić information content (AvgIpc) is 2.22. The quantitative estimate of drug-likeness (QED) is 0.817. The molecule has 2 nitrogen and oxygen atoms in total. The lowest BCUT2D eigenvalue weighted by Gasteiger charge is -2.17. The van der Waals surface area contributed by atoms with Crippen molar-refractivity contribution in [1.82, 2.24) is 0 Å². The smallest absolute Gasteiger partial charge is 0.0431 e. The lowest BCUT2D eigenvalue weighted by molar-refractivity contribution is 0.282. The van der Waals surface area contributed by atoms with Gasteiger partial charge >= 0.3 is 0 Å². The molecule has 0 aliphatic carbocycles. The van der Waals surface area contributed by atoms with Crippen molar-refractivity contribution in [3.8, 4) is 0 Å². The number of aliphatic hydroxyl groups excluding tert-OH is 1. The van der Waals surface area contributed by atoms with E-state index in [9.17, 15) is 0 Å². The largest absolute Gasteiger partial charge is 0.396 e. The number of hydrogen-bond acceptors (Lipinski definition) is 2. The molecule has 2 N–H and O–H groups in total. The summed E-state index contributed by atoms with van der Waals surface area (Å²) >= 11 is 2.35. The first-order chi connectivity index (χ1) is 7.15. The van der Waals surface area contributed by atoms with Crippen molar-refractivity contribution in [2.45, 2.75) is 32.7 Å². The zero-order valence-corrected chi connectivity index (χ0v) is 11.4. The van der Waals surface area contributed by atoms with E-state index in [1.165, 1.54) is 14.8 Å². The van der Waals surface area contributed by atoms with E-state index in [1.54, 1.807) is 0 Å². The van der Waals surface area contributed by atoms with Crippen LogP contribution >= 0.6 is 22.6 Å². The molecule has 1 rings (SSSR count). The second-order valence-corrected chi connectivity index (χ2v) is 4.99. The highest BCUT2D eigenvalue weighted by atomic mass is 127. The van der Waals surface area contributed by atoms with Crippen LogP contribution in [-0.2, 0) is 0 Å². The van der Waals surface area contributed by atoms with Gasteiger partial charge in [-0.05, 0) is 67.0 Å². The standard InChI is InChI=1S/C12H18INO/c1-9(5-4-8-15)14-12-7-3-6-11(13)10(12)2/h3,6-7,9,14-15H,4-5,8H2,1-2H3. The van der Waals surface area contributed by atoms with Crippen molar-refractivity contribution in [3.05, 3.63) is 27.3 Å². The third kappa shape index (κ3) is 3.99. The van der Waals surface area contributed by atoms with Gasteiger partial charge in [-0.15, -0.1) is 0 Å². The maximum absolute atomic E-state index is 8.75. The van der Waals surface area contributed by atoms with Gasteiger partial charge in [-0.1, -0.05) is 6.07 Å². The van der Waals surface area contributed by atoms with E-state index in [0.717, 1.165) is 12.8 Å². The van der Waals surface area contributed by atoms with E-state index in [0.29, 0.717) is 6.04 Å². The normalized spacial score (nSPS) is 12.5. The minimum absolute atomic E-state index is 0.275. The van der Waals surface area contributed by atoms with Crippen molar-refractivity contribution in [3.63, 3.8) is 0 Å². The van der Waals surface area contributed by atoms with Crippen LogP contribution in [0, 0.1) is 10.5 Å². The monoisotopic (exact) mass is 319 g/mol. The van der Waals surface area contributed by atoms with Gasteiger partial charge in [-0.2, -0.15) is 0 Å². The summed E-state index contributed by atoms with van der Waals surface area (Å²) in [6.45, 7) is 4.55. The molecular formula is C12H18INO. The van der Waals surface area contributed by atoms with Crippen LogP contribution in [0.25, 0.3) is 0 Å². The molecule has 0 saturated heterocycles. The van der Waals surface area contributed by atoms with Crippen LogP contribution in [-0.4, -0.2) is 17.8 Å². The Balaban J connectivity index is 2.60. The van der Waals surface area contributed by atoms with Gasteiger partial charge in [0.1, 0.15) is 0 Å². The van der Waals surface area contributed by atoms with Crippen LogP contribution in [0.1, 0.15) is 25.3 Å². The predicted molar refractivity (Wildman–Crippen MR) is 73.3 cm³/mol. The molecule has 84 valence electrons. The van der Waals surface area contributed by atoms with Crippen LogP contribution < -0.4 is 5.32 Å². The number of aliphatic hydroxyl groups is 1. The fourth-order valence-corrected chi connectivity index (χ4v) is 2.00. The third-order valence-electron chi connectivity index (χ3n) is 2.46. The van der Waals surface area contributed by atoms with Crippen LogP contribution in [0.15, 0.2) is 18.2 Å². The van der Waals surface area contributed by atoms with E-state index in [4.69, 9.17) is 5.11 Å². The highest BCUT2D eigenvalue weighted by molar-refractivity contribution is 14.1. The van der Waals surface area contributed by atoms with E-state index in [-0.39, 0.29) is 6.61 Å². The summed E-state index contributed by atoms with van der Waals surface area (Å²) in [5.41, 5.74) is 2.50. The average molecular weight is 319 g/mol. The van der Waals surface area contributed by atoms with Gasteiger partial charge in [0.25, 0.3) is 0 Å². The summed E-state index contributed by atoms with van der Waals surface area (Å²) in [6, 6.07) is 6.69. The molecule has 0 aromatic heterocycles. The van der Waals surface area contributed by atoms with Crippen LogP contribution in [0.2, 0.25) is 0 Å². The van der Waals surface area contributed by atoms with Crippen molar-refractivity contribution in [1.29, 1.82) is 0 Å². The molecule has 0 saturated carbocycles. The highest BCUT2D eigenvalue weighted by Crippen LogP contribution is 2.21. The van der Waals surface area contributed by atoms with Crippen LogP contribution in [0.4, 0.5) is 5.69 Å². The first-order valence-corrected chi connectivity index (χ1v) is 6.35. The van der Waals surface area contributed by atoms with Gasteiger partial charge in [0, 0.05) is 21.9 Å². The lowest BCUT2D eigenvalue weighted by atomic mass is 10.1. The van der Waals surface area contributed by atoms with Gasteiger partial charge < -0.3 is 10.4 Å². The van der Waals surface area contributed by atoms with E-state index in [1.807, 2.05) is 0 Å². The minimum Gasteiger partial charge on any atom is -0.396 e. The summed E-state index contributed by atoms with van der Waals surface area (Å²) in [4.78, 5) is 0. The van der Waals surface area contributed by atoms with Gasteiger partial charge in [0.05, 0.1) is 0 Å². The summed E-state index contributed by atoms with van der Waals surface area (Å²) in [5.74, 6) is 0. The molecule has 1 aromatic carbocycles. The molecule has 3 heteroatoms. The molecule has 1 aromatic rings. The molecule has 0 fully saturated rings. The second-order valence-electron chi connectivity index (χ2n) is 3.82. The molecule has 0 aliphatic rings. The SMILES string of the molecule is Cc1c(I)cccc1NC(C)CCCO. The molecule has 15 heavy (non-hydrogen) atoms. The summed E-state index contributed by atoms with van der Waals surface area (Å²) < 4.78 is 1.28. The molecule has 0 spiro atoms. The maximum atomic E-state index is 8.75. The Morgan fingerprint density at radius 2 is 2.20 bits per heavy atom. The Hall–Kier alpha value is -0.290. The fraction of sp³-hybridized carbons (Fsp3) is 0.500. The number of halogens is 1. The van der Waals surface area contributed by atoms with E-state index in [2.05, 4.69) is 60.0 Å². The Labute approximate surface area is 105 Å². The highest BCUT2D eigenvalue weighted by Gasteiger charge is 2.05. The Kier molecular flexibility index (Phi) is 5.39. The second kappa shape index (κ2) is 6.33. The molecule has 0 bridgehead atoms. The summed E-state index contributed by atoms with van der Waals surface area (Å²) in [7, 11) is 0.